The second kappa shape index (κ2) is 10.9. The van der Waals surface area contributed by atoms with E-state index >= 15 is 0 Å². The van der Waals surface area contributed by atoms with E-state index in [-0.39, 0.29) is 48.9 Å². The van der Waals surface area contributed by atoms with Crippen LogP contribution in [0.5, 0.6) is 0 Å². The van der Waals surface area contributed by atoms with Crippen LogP contribution in [0.1, 0.15) is 34.1 Å². The van der Waals surface area contributed by atoms with Crippen molar-refractivity contribution >= 4 is 35.8 Å². The van der Waals surface area contributed by atoms with Crippen LogP contribution >= 0.6 is 24.0 Å². The van der Waals surface area contributed by atoms with Crippen LogP contribution in [-0.2, 0) is 4.79 Å². The second-order valence-corrected chi connectivity index (χ2v) is 5.23. The highest BCUT2D eigenvalue weighted by atomic mass is 127. The molecule has 0 saturated carbocycles. The van der Waals surface area contributed by atoms with Crippen LogP contribution in [0.3, 0.4) is 0 Å². The van der Waals surface area contributed by atoms with Crippen LogP contribution in [0.4, 0.5) is 13.2 Å². The molecule has 0 spiro atoms. The zero-order valence-electron chi connectivity index (χ0n) is 13.4. The predicted molar refractivity (Wildman–Crippen MR) is 92.5 cm³/mol. The molecule has 22 heavy (non-hydrogen) atoms. The van der Waals surface area contributed by atoms with Crippen molar-refractivity contribution < 1.29 is 18.0 Å². The largest absolute Gasteiger partial charge is 0.390 e. The van der Waals surface area contributed by atoms with Crippen molar-refractivity contribution in [1.82, 2.24) is 16.0 Å². The zero-order chi connectivity index (χ0) is 16.5. The van der Waals surface area contributed by atoms with Crippen LogP contribution < -0.4 is 16.0 Å². The molecule has 0 aromatic rings. The molecular weight excluding hydrogens is 412 g/mol. The Morgan fingerprint density at radius 2 is 1.59 bits per heavy atom. The number of nitrogens with zero attached hydrogens (tertiary/aromatic N) is 1. The zero-order valence-corrected chi connectivity index (χ0v) is 15.8. The minimum atomic E-state index is -4.20. The molecule has 1 amide bonds. The first-order valence-corrected chi connectivity index (χ1v) is 6.99. The number of guanidine groups is 1. The van der Waals surface area contributed by atoms with E-state index in [1.807, 2.05) is 13.8 Å². The van der Waals surface area contributed by atoms with Gasteiger partial charge in [-0.3, -0.25) is 9.79 Å². The Labute approximate surface area is 146 Å². The lowest BCUT2D eigenvalue weighted by molar-refractivity contribution is -0.132. The molecule has 0 bridgehead atoms. The van der Waals surface area contributed by atoms with E-state index in [2.05, 4.69) is 20.9 Å². The molecular formula is C13H26F3IN4O. The average molecular weight is 438 g/mol. The molecule has 0 aromatic carbocycles. The first-order valence-electron chi connectivity index (χ1n) is 6.99. The molecule has 0 atom stereocenters. The molecule has 0 heterocycles. The van der Waals surface area contributed by atoms with E-state index in [0.29, 0.717) is 13.1 Å². The monoisotopic (exact) mass is 438 g/mol. The highest BCUT2D eigenvalue weighted by Gasteiger charge is 2.28. The van der Waals surface area contributed by atoms with E-state index in [1.54, 1.807) is 13.8 Å². The summed E-state index contributed by atoms with van der Waals surface area (Å²) in [4.78, 5) is 16.0. The fourth-order valence-electron chi connectivity index (χ4n) is 1.41. The Bertz CT molecular complexity index is 360. The molecule has 0 aliphatic rings. The average Bonchev–Trinajstić information content (AvgIpc) is 2.35. The second-order valence-electron chi connectivity index (χ2n) is 5.23. The van der Waals surface area contributed by atoms with Gasteiger partial charge in [-0.15, -0.1) is 24.0 Å². The maximum Gasteiger partial charge on any atom is 0.390 e. The maximum atomic E-state index is 12.1. The minimum absolute atomic E-state index is 0. The van der Waals surface area contributed by atoms with Gasteiger partial charge < -0.3 is 16.0 Å². The van der Waals surface area contributed by atoms with Gasteiger partial charge in [-0.25, -0.2) is 0 Å². The van der Waals surface area contributed by atoms with Gasteiger partial charge in [0.2, 0.25) is 5.91 Å². The molecule has 0 aromatic heterocycles. The molecule has 0 radical (unpaired) electrons. The van der Waals surface area contributed by atoms with E-state index in [4.69, 9.17) is 0 Å². The number of alkyl halides is 3. The summed E-state index contributed by atoms with van der Waals surface area (Å²) < 4.78 is 36.3. The van der Waals surface area contributed by atoms with E-state index in [1.165, 1.54) is 0 Å². The summed E-state index contributed by atoms with van der Waals surface area (Å²) >= 11 is 0. The van der Waals surface area contributed by atoms with Gasteiger partial charge in [0.25, 0.3) is 0 Å². The SMILES string of the molecule is CCNC(=O)C(C)(C)CN=C(NCC)NCCC(F)(F)F.I. The van der Waals surface area contributed by atoms with E-state index < -0.39 is 18.0 Å². The quantitative estimate of drug-likeness (QED) is 0.325. The summed E-state index contributed by atoms with van der Waals surface area (Å²) in [7, 11) is 0. The summed E-state index contributed by atoms with van der Waals surface area (Å²) in [5.74, 6) is 0.138. The van der Waals surface area contributed by atoms with Gasteiger partial charge in [0.1, 0.15) is 0 Å². The molecule has 5 nitrogen and oxygen atoms in total. The smallest absolute Gasteiger partial charge is 0.357 e. The number of rotatable bonds is 7. The van der Waals surface area contributed by atoms with E-state index in [0.717, 1.165) is 0 Å². The van der Waals surface area contributed by atoms with E-state index in [9.17, 15) is 18.0 Å². The van der Waals surface area contributed by atoms with Gasteiger partial charge in [-0.1, -0.05) is 0 Å². The Morgan fingerprint density at radius 1 is 1.05 bits per heavy atom. The van der Waals surface area contributed by atoms with Gasteiger partial charge in [0, 0.05) is 19.6 Å². The molecule has 0 aliphatic carbocycles. The number of carbonyl (C=O) groups excluding carboxylic acids is 1. The number of amides is 1. The molecule has 0 aliphatic heterocycles. The lowest BCUT2D eigenvalue weighted by Gasteiger charge is -2.22. The third-order valence-corrected chi connectivity index (χ3v) is 2.63. The third-order valence-electron chi connectivity index (χ3n) is 2.63. The van der Waals surface area contributed by atoms with Gasteiger partial charge in [-0.05, 0) is 27.7 Å². The summed E-state index contributed by atoms with van der Waals surface area (Å²) in [6.45, 7) is 8.09. The summed E-state index contributed by atoms with van der Waals surface area (Å²) in [5.41, 5.74) is -0.720. The van der Waals surface area contributed by atoms with Crippen molar-refractivity contribution in [2.45, 2.75) is 40.3 Å². The maximum absolute atomic E-state index is 12.1. The van der Waals surface area contributed by atoms with Crippen LogP contribution in [0.15, 0.2) is 4.99 Å². The van der Waals surface area contributed by atoms with Crippen molar-refractivity contribution in [3.05, 3.63) is 0 Å². The lowest BCUT2D eigenvalue weighted by atomic mass is 9.92. The summed E-state index contributed by atoms with van der Waals surface area (Å²) in [6, 6.07) is 0. The van der Waals surface area contributed by atoms with Gasteiger partial charge >= 0.3 is 6.18 Å². The Morgan fingerprint density at radius 3 is 2.05 bits per heavy atom. The molecule has 0 saturated heterocycles. The molecule has 132 valence electrons. The Balaban J connectivity index is 0. The number of nitrogens with one attached hydrogen (secondary N) is 3. The van der Waals surface area contributed by atoms with Gasteiger partial charge in [0.15, 0.2) is 5.96 Å². The standard InChI is InChI=1S/C13H25F3N4O.HI/c1-5-17-10(21)12(3,4)9-20-11(18-6-2)19-8-7-13(14,15)16;/h5-9H2,1-4H3,(H,17,21)(H2,18,19,20);1H. The fraction of sp³-hybridized carbons (Fsp3) is 0.846. The highest BCUT2D eigenvalue weighted by molar-refractivity contribution is 14.0. The molecule has 0 rings (SSSR count). The number of hydrogen-bond acceptors (Lipinski definition) is 2. The highest BCUT2D eigenvalue weighted by Crippen LogP contribution is 2.18. The molecule has 0 unspecified atom stereocenters. The number of aliphatic imine (C=N–C) groups is 1. The molecule has 9 heteroatoms. The van der Waals surface area contributed by atoms with Crippen LogP contribution in [0, 0.1) is 5.41 Å². The normalized spacial score (nSPS) is 12.4. The fourth-order valence-corrected chi connectivity index (χ4v) is 1.41. The number of carbonyl (C=O) groups is 1. The van der Waals surface area contributed by atoms with Gasteiger partial charge in [-0.2, -0.15) is 13.2 Å². The third kappa shape index (κ3) is 10.9. The number of hydrogen-bond donors (Lipinski definition) is 3. The lowest BCUT2D eigenvalue weighted by Crippen LogP contribution is -2.42. The topological polar surface area (TPSA) is 65.5 Å². The Kier molecular flexibility index (Phi) is 11.7. The van der Waals surface area contributed by atoms with Crippen molar-refractivity contribution in [3.8, 4) is 0 Å². The first-order chi connectivity index (χ1) is 9.62. The van der Waals surface area contributed by atoms with Crippen LogP contribution in [-0.4, -0.2) is 44.2 Å². The summed E-state index contributed by atoms with van der Waals surface area (Å²) in [6.07, 6.45) is -5.14. The molecule has 3 N–H and O–H groups in total. The van der Waals surface area contributed by atoms with Crippen molar-refractivity contribution in [2.75, 3.05) is 26.2 Å². The van der Waals surface area contributed by atoms with Crippen molar-refractivity contribution in [1.29, 1.82) is 0 Å². The minimum Gasteiger partial charge on any atom is -0.357 e. The summed E-state index contributed by atoms with van der Waals surface area (Å²) in [5, 5.41) is 8.17. The van der Waals surface area contributed by atoms with Crippen molar-refractivity contribution in [2.24, 2.45) is 10.4 Å². The van der Waals surface area contributed by atoms with Crippen LogP contribution in [0.25, 0.3) is 0 Å². The molecule has 0 fully saturated rings. The van der Waals surface area contributed by atoms with Crippen molar-refractivity contribution in [3.63, 3.8) is 0 Å². The number of halogens is 4. The van der Waals surface area contributed by atoms with Crippen LogP contribution in [0.2, 0.25) is 0 Å². The predicted octanol–water partition coefficient (Wildman–Crippen LogP) is 2.27. The Hall–Kier alpha value is -0.740. The first kappa shape index (κ1) is 23.5. The van der Waals surface area contributed by atoms with Gasteiger partial charge in [0.05, 0.1) is 18.4 Å².